The van der Waals surface area contributed by atoms with Crippen molar-refractivity contribution < 1.29 is 9.32 Å². The molecule has 8 heteroatoms. The molecule has 3 heterocycles. The molecule has 132 valence electrons. The highest BCUT2D eigenvalue weighted by molar-refractivity contribution is 7.15. The van der Waals surface area contributed by atoms with Gasteiger partial charge in [-0.05, 0) is 19.8 Å². The van der Waals surface area contributed by atoms with Gasteiger partial charge in [-0.25, -0.2) is 4.98 Å². The first-order valence-corrected chi connectivity index (χ1v) is 9.61. The Labute approximate surface area is 149 Å². The molecule has 3 aromatic rings. The zero-order chi connectivity index (χ0) is 17.2. The number of carbonyl (C=O) groups is 1. The van der Waals surface area contributed by atoms with Crippen LogP contribution in [-0.2, 0) is 11.2 Å². The normalized spacial score (nSPS) is 17.0. The Hall–Kier alpha value is -2.22. The number of hydrogen-bond donors (Lipinski definition) is 1. The molecule has 0 bridgehead atoms. The van der Waals surface area contributed by atoms with Crippen LogP contribution in [0.2, 0.25) is 0 Å². The largest absolute Gasteiger partial charge is 0.344 e. The predicted molar refractivity (Wildman–Crippen MR) is 93.5 cm³/mol. The monoisotopic (exact) mass is 359 g/mol. The van der Waals surface area contributed by atoms with Crippen molar-refractivity contribution in [1.82, 2.24) is 24.8 Å². The summed E-state index contributed by atoms with van der Waals surface area (Å²) in [6.07, 6.45) is 9.89. The van der Waals surface area contributed by atoms with Crippen LogP contribution in [0.15, 0.2) is 22.3 Å². The van der Waals surface area contributed by atoms with Crippen molar-refractivity contribution in [2.24, 2.45) is 0 Å². The molecule has 25 heavy (non-hydrogen) atoms. The van der Waals surface area contributed by atoms with Crippen molar-refractivity contribution in [3.63, 3.8) is 0 Å². The van der Waals surface area contributed by atoms with E-state index in [9.17, 15) is 4.79 Å². The van der Waals surface area contributed by atoms with Gasteiger partial charge >= 0.3 is 0 Å². The zero-order valence-electron chi connectivity index (χ0n) is 14.1. The lowest BCUT2D eigenvalue weighted by molar-refractivity contribution is -0.121. The van der Waals surface area contributed by atoms with Crippen LogP contribution in [0.1, 0.15) is 68.4 Å². The number of fused-ring (bicyclic) bond motifs is 1. The summed E-state index contributed by atoms with van der Waals surface area (Å²) >= 11 is 1.53. The lowest BCUT2D eigenvalue weighted by Crippen LogP contribution is -2.28. The molecule has 1 atom stereocenters. The highest BCUT2D eigenvalue weighted by atomic mass is 32.1. The van der Waals surface area contributed by atoms with Gasteiger partial charge in [-0.3, -0.25) is 9.20 Å². The number of nitrogens with zero attached hydrogens (tertiary/aromatic N) is 4. The second-order valence-electron chi connectivity index (χ2n) is 6.60. The van der Waals surface area contributed by atoms with E-state index in [-0.39, 0.29) is 11.9 Å². The average molecular weight is 359 g/mol. The molecular weight excluding hydrogens is 338 g/mol. The van der Waals surface area contributed by atoms with E-state index in [0.29, 0.717) is 18.2 Å². The fraction of sp³-hybridized carbons (Fsp3) is 0.529. The molecule has 3 aromatic heterocycles. The molecule has 1 aliphatic rings. The Morgan fingerprint density at radius 2 is 2.28 bits per heavy atom. The van der Waals surface area contributed by atoms with Crippen molar-refractivity contribution in [2.75, 3.05) is 0 Å². The van der Waals surface area contributed by atoms with Gasteiger partial charge in [0.2, 0.25) is 11.8 Å². The zero-order valence-corrected chi connectivity index (χ0v) is 15.0. The van der Waals surface area contributed by atoms with Crippen molar-refractivity contribution >= 4 is 22.2 Å². The van der Waals surface area contributed by atoms with Crippen LogP contribution < -0.4 is 5.32 Å². The summed E-state index contributed by atoms with van der Waals surface area (Å²) in [5, 5.41) is 9.03. The van der Waals surface area contributed by atoms with Gasteiger partial charge in [-0.15, -0.1) is 11.3 Å². The molecule has 0 aromatic carbocycles. The fourth-order valence-corrected chi connectivity index (χ4v) is 4.22. The third-order valence-corrected chi connectivity index (χ3v) is 5.64. The Morgan fingerprint density at radius 1 is 1.44 bits per heavy atom. The van der Waals surface area contributed by atoms with Crippen LogP contribution in [0.4, 0.5) is 0 Å². The minimum Gasteiger partial charge on any atom is -0.344 e. The standard InChI is InChI=1S/C17H21N5O2S/c1-11(16-20-15(21-24-16)12-5-3-2-4-6-12)19-14(23)9-13-10-25-17-18-7-8-22(13)17/h7-8,10-12H,2-6,9H2,1H3,(H,19,23). The average Bonchev–Trinajstić information content (AvgIpc) is 3.34. The van der Waals surface area contributed by atoms with Gasteiger partial charge in [-0.1, -0.05) is 24.4 Å². The van der Waals surface area contributed by atoms with Crippen molar-refractivity contribution in [1.29, 1.82) is 0 Å². The van der Waals surface area contributed by atoms with Crippen LogP contribution in [0.5, 0.6) is 0 Å². The second kappa shape index (κ2) is 6.95. The number of amides is 1. The topological polar surface area (TPSA) is 85.3 Å². The molecule has 1 N–H and O–H groups in total. The van der Waals surface area contributed by atoms with Gasteiger partial charge in [0.25, 0.3) is 0 Å². The third kappa shape index (κ3) is 3.44. The first-order chi connectivity index (χ1) is 12.2. The Morgan fingerprint density at radius 3 is 3.12 bits per heavy atom. The van der Waals surface area contributed by atoms with E-state index in [1.165, 1.54) is 30.6 Å². The lowest BCUT2D eigenvalue weighted by Gasteiger charge is -2.17. The smallest absolute Gasteiger partial charge is 0.248 e. The second-order valence-corrected chi connectivity index (χ2v) is 7.44. The maximum Gasteiger partial charge on any atom is 0.248 e. The van der Waals surface area contributed by atoms with E-state index >= 15 is 0 Å². The van der Waals surface area contributed by atoms with Crippen molar-refractivity contribution in [2.45, 2.75) is 57.4 Å². The summed E-state index contributed by atoms with van der Waals surface area (Å²) in [6, 6.07) is -0.297. The molecule has 0 radical (unpaired) electrons. The Kier molecular flexibility index (Phi) is 4.52. The molecule has 1 aliphatic carbocycles. The third-order valence-electron chi connectivity index (χ3n) is 4.73. The molecule has 0 spiro atoms. The number of nitrogens with one attached hydrogen (secondary N) is 1. The summed E-state index contributed by atoms with van der Waals surface area (Å²) in [5.41, 5.74) is 0.927. The van der Waals surface area contributed by atoms with Gasteiger partial charge in [0.15, 0.2) is 10.8 Å². The van der Waals surface area contributed by atoms with E-state index in [2.05, 4.69) is 20.4 Å². The molecule has 7 nitrogen and oxygen atoms in total. The molecular formula is C17H21N5O2S. The van der Waals surface area contributed by atoms with Gasteiger partial charge in [0.05, 0.1) is 6.42 Å². The molecule has 1 amide bonds. The maximum atomic E-state index is 12.3. The summed E-state index contributed by atoms with van der Waals surface area (Å²) in [5.74, 6) is 1.59. The first kappa shape index (κ1) is 16.3. The molecule has 4 rings (SSSR count). The molecule has 0 saturated heterocycles. The number of thiazole rings is 1. The minimum atomic E-state index is -0.297. The predicted octanol–water partition coefficient (Wildman–Crippen LogP) is 3.25. The van der Waals surface area contributed by atoms with Crippen LogP contribution in [0.25, 0.3) is 4.96 Å². The van der Waals surface area contributed by atoms with Gasteiger partial charge < -0.3 is 9.84 Å². The van der Waals surface area contributed by atoms with Gasteiger partial charge in [0, 0.05) is 29.4 Å². The van der Waals surface area contributed by atoms with E-state index in [0.717, 1.165) is 29.3 Å². The number of carbonyl (C=O) groups excluding carboxylic acids is 1. The fourth-order valence-electron chi connectivity index (χ4n) is 3.37. The van der Waals surface area contributed by atoms with Crippen LogP contribution in [0, 0.1) is 0 Å². The maximum absolute atomic E-state index is 12.3. The van der Waals surface area contributed by atoms with E-state index in [4.69, 9.17) is 4.52 Å². The lowest BCUT2D eigenvalue weighted by atomic mass is 9.89. The summed E-state index contributed by atoms with van der Waals surface area (Å²) in [6.45, 7) is 1.87. The highest BCUT2D eigenvalue weighted by Crippen LogP contribution is 2.31. The molecule has 1 fully saturated rings. The van der Waals surface area contributed by atoms with Crippen molar-refractivity contribution in [3.05, 3.63) is 35.2 Å². The molecule has 1 saturated carbocycles. The van der Waals surface area contributed by atoms with E-state index < -0.39 is 0 Å². The van der Waals surface area contributed by atoms with E-state index in [1.807, 2.05) is 22.9 Å². The Balaban J connectivity index is 1.38. The summed E-state index contributed by atoms with van der Waals surface area (Å²) in [4.78, 5) is 22.0. The molecule has 1 unspecified atom stereocenters. The Bertz CT molecular complexity index is 861. The van der Waals surface area contributed by atoms with E-state index in [1.54, 1.807) is 6.20 Å². The highest BCUT2D eigenvalue weighted by Gasteiger charge is 2.23. The minimum absolute atomic E-state index is 0.0710. The van der Waals surface area contributed by atoms with Crippen LogP contribution in [-0.4, -0.2) is 25.4 Å². The number of imidazole rings is 1. The van der Waals surface area contributed by atoms with Crippen LogP contribution >= 0.6 is 11.3 Å². The van der Waals surface area contributed by atoms with Gasteiger partial charge in [-0.2, -0.15) is 4.98 Å². The first-order valence-electron chi connectivity index (χ1n) is 8.73. The van der Waals surface area contributed by atoms with Crippen LogP contribution in [0.3, 0.4) is 0 Å². The SMILES string of the molecule is CC(NC(=O)Cc1csc2nccn12)c1nc(C2CCCCC2)no1. The summed E-state index contributed by atoms with van der Waals surface area (Å²) in [7, 11) is 0. The number of rotatable bonds is 5. The quantitative estimate of drug-likeness (QED) is 0.756. The number of hydrogen-bond acceptors (Lipinski definition) is 6. The number of aromatic nitrogens is 4. The summed E-state index contributed by atoms with van der Waals surface area (Å²) < 4.78 is 7.32. The molecule has 0 aliphatic heterocycles. The van der Waals surface area contributed by atoms with Gasteiger partial charge in [0.1, 0.15) is 6.04 Å². The van der Waals surface area contributed by atoms with Crippen molar-refractivity contribution in [3.8, 4) is 0 Å².